The average Bonchev–Trinajstić information content (AvgIpc) is 2.39. The highest BCUT2D eigenvalue weighted by molar-refractivity contribution is 5.87. The number of methoxy groups -OCH3 is 1. The summed E-state index contributed by atoms with van der Waals surface area (Å²) in [7, 11) is 1.64. The fourth-order valence-electron chi connectivity index (χ4n) is 1.68. The van der Waals surface area contributed by atoms with Gasteiger partial charge in [0.2, 0.25) is 0 Å². The predicted octanol–water partition coefficient (Wildman–Crippen LogP) is 3.01. The van der Waals surface area contributed by atoms with Gasteiger partial charge in [0.15, 0.2) is 0 Å². The number of carbonyl (C=O) groups is 1. The van der Waals surface area contributed by atoms with Crippen molar-refractivity contribution in [3.8, 4) is 5.75 Å². The number of nitrogens with one attached hydrogen (secondary N) is 1. The molecule has 0 radical (unpaired) electrons. The maximum absolute atomic E-state index is 11.5. The van der Waals surface area contributed by atoms with Gasteiger partial charge in [0.1, 0.15) is 5.75 Å². The molecule has 1 aromatic rings. The Morgan fingerprint density at radius 3 is 2.53 bits per heavy atom. The number of hydrogen-bond acceptors (Lipinski definition) is 4. The molecule has 104 valence electrons. The minimum absolute atomic E-state index is 0.0396. The van der Waals surface area contributed by atoms with E-state index in [1.807, 2.05) is 37.3 Å². The molecule has 1 aromatic carbocycles. The monoisotopic (exact) mass is 263 g/mol. The van der Waals surface area contributed by atoms with E-state index in [2.05, 4.69) is 5.32 Å². The van der Waals surface area contributed by atoms with Gasteiger partial charge in [0.25, 0.3) is 0 Å². The minimum Gasteiger partial charge on any atom is -0.497 e. The molecule has 1 atom stereocenters. The van der Waals surface area contributed by atoms with Crippen LogP contribution in [0.5, 0.6) is 5.75 Å². The summed E-state index contributed by atoms with van der Waals surface area (Å²) in [6, 6.07) is 7.68. The summed E-state index contributed by atoms with van der Waals surface area (Å²) in [6.45, 7) is 5.92. The maximum atomic E-state index is 11.5. The van der Waals surface area contributed by atoms with Crippen molar-refractivity contribution < 1.29 is 14.3 Å². The molecule has 0 spiro atoms. The van der Waals surface area contributed by atoms with Gasteiger partial charge in [-0.25, -0.2) is 4.79 Å². The number of rotatable bonds is 6. The predicted molar refractivity (Wildman–Crippen MR) is 76.5 cm³/mol. The van der Waals surface area contributed by atoms with Crippen molar-refractivity contribution in [2.75, 3.05) is 19.0 Å². The summed E-state index contributed by atoms with van der Waals surface area (Å²) < 4.78 is 10.0. The van der Waals surface area contributed by atoms with Crippen LogP contribution in [0, 0.1) is 0 Å². The number of ether oxygens (including phenoxy) is 2. The molecule has 0 saturated heterocycles. The topological polar surface area (TPSA) is 47.6 Å². The van der Waals surface area contributed by atoms with E-state index < -0.39 is 0 Å². The van der Waals surface area contributed by atoms with Crippen LogP contribution in [0.2, 0.25) is 0 Å². The normalized spacial score (nSPS) is 12.7. The molecule has 0 bridgehead atoms. The summed E-state index contributed by atoms with van der Waals surface area (Å²) >= 11 is 0. The molecule has 19 heavy (non-hydrogen) atoms. The van der Waals surface area contributed by atoms with Crippen molar-refractivity contribution >= 4 is 11.7 Å². The summed E-state index contributed by atoms with van der Waals surface area (Å²) in [4.78, 5) is 11.5. The molecule has 4 nitrogen and oxygen atoms in total. The second-order valence-electron chi connectivity index (χ2n) is 4.23. The van der Waals surface area contributed by atoms with Gasteiger partial charge in [-0.15, -0.1) is 0 Å². The first-order valence-electron chi connectivity index (χ1n) is 6.33. The van der Waals surface area contributed by atoms with Crippen LogP contribution in [-0.2, 0) is 9.53 Å². The van der Waals surface area contributed by atoms with Gasteiger partial charge in [-0.2, -0.15) is 0 Å². The zero-order chi connectivity index (χ0) is 14.3. The highest BCUT2D eigenvalue weighted by Crippen LogP contribution is 2.16. The quantitative estimate of drug-likeness (QED) is 0.633. The van der Waals surface area contributed by atoms with E-state index in [0.29, 0.717) is 12.2 Å². The van der Waals surface area contributed by atoms with Crippen LogP contribution >= 0.6 is 0 Å². The minimum atomic E-state index is -0.272. The molecule has 0 fully saturated rings. The van der Waals surface area contributed by atoms with Gasteiger partial charge in [-0.3, -0.25) is 0 Å². The lowest BCUT2D eigenvalue weighted by molar-refractivity contribution is -0.138. The molecule has 0 heterocycles. The SMILES string of the molecule is CCOC(=O)/C(C)=C/C(C)Nc1ccc(OC)cc1. The Labute approximate surface area is 114 Å². The average molecular weight is 263 g/mol. The van der Waals surface area contributed by atoms with Gasteiger partial charge >= 0.3 is 5.97 Å². The lowest BCUT2D eigenvalue weighted by Crippen LogP contribution is -2.15. The van der Waals surface area contributed by atoms with Crippen LogP contribution in [0.3, 0.4) is 0 Å². The second kappa shape index (κ2) is 7.46. The molecule has 0 aromatic heterocycles. The van der Waals surface area contributed by atoms with E-state index in [-0.39, 0.29) is 12.0 Å². The van der Waals surface area contributed by atoms with Crippen molar-refractivity contribution in [1.29, 1.82) is 0 Å². The van der Waals surface area contributed by atoms with Crippen LogP contribution in [0.15, 0.2) is 35.9 Å². The Balaban J connectivity index is 2.60. The Bertz CT molecular complexity index is 437. The zero-order valence-electron chi connectivity index (χ0n) is 11.9. The molecule has 0 saturated carbocycles. The van der Waals surface area contributed by atoms with E-state index in [9.17, 15) is 4.79 Å². The molecule has 1 rings (SSSR count). The first-order chi connectivity index (χ1) is 9.06. The van der Waals surface area contributed by atoms with Gasteiger partial charge in [0.05, 0.1) is 13.7 Å². The molecule has 0 aliphatic rings. The third-order valence-electron chi connectivity index (χ3n) is 2.58. The van der Waals surface area contributed by atoms with E-state index in [4.69, 9.17) is 9.47 Å². The van der Waals surface area contributed by atoms with E-state index in [1.54, 1.807) is 21.0 Å². The molecule has 1 unspecified atom stereocenters. The van der Waals surface area contributed by atoms with Gasteiger partial charge < -0.3 is 14.8 Å². The highest BCUT2D eigenvalue weighted by atomic mass is 16.5. The molecular weight excluding hydrogens is 242 g/mol. The Morgan fingerprint density at radius 1 is 1.37 bits per heavy atom. The lowest BCUT2D eigenvalue weighted by atomic mass is 10.2. The molecule has 0 aliphatic heterocycles. The van der Waals surface area contributed by atoms with Crippen molar-refractivity contribution in [2.45, 2.75) is 26.8 Å². The fraction of sp³-hybridized carbons (Fsp3) is 0.400. The standard InChI is InChI=1S/C15H21NO3/c1-5-19-15(17)11(2)10-12(3)16-13-6-8-14(18-4)9-7-13/h6-10,12,16H,5H2,1-4H3/b11-10+. The highest BCUT2D eigenvalue weighted by Gasteiger charge is 2.07. The molecule has 4 heteroatoms. The van der Waals surface area contributed by atoms with E-state index >= 15 is 0 Å². The number of esters is 1. The summed E-state index contributed by atoms with van der Waals surface area (Å²) in [5.74, 6) is 0.544. The molecule has 0 amide bonds. The van der Waals surface area contributed by atoms with Crippen molar-refractivity contribution in [3.63, 3.8) is 0 Å². The van der Waals surface area contributed by atoms with Crippen molar-refractivity contribution in [3.05, 3.63) is 35.9 Å². The van der Waals surface area contributed by atoms with Crippen molar-refractivity contribution in [2.24, 2.45) is 0 Å². The van der Waals surface area contributed by atoms with Crippen LogP contribution in [0.25, 0.3) is 0 Å². The first-order valence-corrected chi connectivity index (χ1v) is 6.33. The Kier molecular flexibility index (Phi) is 5.93. The number of benzene rings is 1. The molecule has 0 aliphatic carbocycles. The molecular formula is C15H21NO3. The maximum Gasteiger partial charge on any atom is 0.333 e. The van der Waals surface area contributed by atoms with Gasteiger partial charge in [0, 0.05) is 17.3 Å². The van der Waals surface area contributed by atoms with Crippen LogP contribution in [0.1, 0.15) is 20.8 Å². The van der Waals surface area contributed by atoms with Crippen molar-refractivity contribution in [1.82, 2.24) is 0 Å². The zero-order valence-corrected chi connectivity index (χ0v) is 11.9. The van der Waals surface area contributed by atoms with Crippen LogP contribution in [0.4, 0.5) is 5.69 Å². The largest absolute Gasteiger partial charge is 0.497 e. The third kappa shape index (κ3) is 5.04. The fourth-order valence-corrected chi connectivity index (χ4v) is 1.68. The summed E-state index contributed by atoms with van der Waals surface area (Å²) in [5.41, 5.74) is 1.58. The van der Waals surface area contributed by atoms with Gasteiger partial charge in [-0.1, -0.05) is 6.08 Å². The Hall–Kier alpha value is -1.97. The Morgan fingerprint density at radius 2 is 2.00 bits per heavy atom. The second-order valence-corrected chi connectivity index (χ2v) is 4.23. The first kappa shape index (κ1) is 15.1. The molecule has 1 N–H and O–H groups in total. The number of hydrogen-bond donors (Lipinski definition) is 1. The van der Waals surface area contributed by atoms with Gasteiger partial charge in [-0.05, 0) is 45.0 Å². The smallest absolute Gasteiger partial charge is 0.333 e. The third-order valence-corrected chi connectivity index (χ3v) is 2.58. The number of anilines is 1. The van der Waals surface area contributed by atoms with E-state index in [1.165, 1.54) is 0 Å². The summed E-state index contributed by atoms with van der Waals surface area (Å²) in [6.07, 6.45) is 1.85. The van der Waals surface area contributed by atoms with Crippen LogP contribution < -0.4 is 10.1 Å². The lowest BCUT2D eigenvalue weighted by Gasteiger charge is -2.13. The van der Waals surface area contributed by atoms with E-state index in [0.717, 1.165) is 11.4 Å². The van der Waals surface area contributed by atoms with Crippen LogP contribution in [-0.4, -0.2) is 25.7 Å². The number of carbonyl (C=O) groups excluding carboxylic acids is 1. The summed E-state index contributed by atoms with van der Waals surface area (Å²) in [5, 5.41) is 3.28.